The molecule has 7 heteroatoms. The second kappa shape index (κ2) is 11.1. The van der Waals surface area contributed by atoms with E-state index < -0.39 is 24.2 Å². The molecule has 0 saturated heterocycles. The molecule has 31 heavy (non-hydrogen) atoms. The smallest absolute Gasteiger partial charge is 0.339 e. The van der Waals surface area contributed by atoms with Crippen molar-refractivity contribution in [3.63, 3.8) is 0 Å². The highest BCUT2D eigenvalue weighted by molar-refractivity contribution is 8.00. The summed E-state index contributed by atoms with van der Waals surface area (Å²) < 4.78 is 18.2. The Labute approximate surface area is 186 Å². The number of benzene rings is 2. The van der Waals surface area contributed by atoms with Crippen LogP contribution < -0.4 is 0 Å². The van der Waals surface area contributed by atoms with E-state index in [0.29, 0.717) is 16.5 Å². The Morgan fingerprint density at radius 2 is 1.71 bits per heavy atom. The minimum Gasteiger partial charge on any atom is -0.454 e. The lowest BCUT2D eigenvalue weighted by Crippen LogP contribution is -2.39. The van der Waals surface area contributed by atoms with Gasteiger partial charge in [-0.2, -0.15) is 0 Å². The molecule has 0 spiro atoms. The quantitative estimate of drug-likeness (QED) is 0.335. The van der Waals surface area contributed by atoms with Gasteiger partial charge in [0.25, 0.3) is 0 Å². The zero-order chi connectivity index (χ0) is 22.2. The molecule has 0 atom stereocenters. The molecule has 1 aliphatic rings. The number of ether oxygens (including phenoxy) is 1. The molecule has 2 aromatic rings. The maximum Gasteiger partial charge on any atom is 0.339 e. The number of nitrogens with zero attached hydrogens (tertiary/aromatic N) is 1. The zero-order valence-electron chi connectivity index (χ0n) is 17.5. The van der Waals surface area contributed by atoms with Gasteiger partial charge in [0.15, 0.2) is 12.4 Å². The molecular weight excluding hydrogens is 417 g/mol. The fraction of sp³-hybridized carbons (Fsp3) is 0.375. The van der Waals surface area contributed by atoms with Gasteiger partial charge in [0.1, 0.15) is 5.82 Å². The molecule has 2 aromatic carbocycles. The molecule has 1 aliphatic carbocycles. The third-order valence-corrected chi connectivity index (χ3v) is 6.53. The molecule has 0 aromatic heterocycles. The highest BCUT2D eigenvalue weighted by Gasteiger charge is 2.23. The molecule has 0 heterocycles. The number of carbonyl (C=O) groups is 3. The van der Waals surface area contributed by atoms with E-state index in [9.17, 15) is 18.8 Å². The summed E-state index contributed by atoms with van der Waals surface area (Å²) in [7, 11) is 1.85. The minimum atomic E-state index is -0.633. The Kier molecular flexibility index (Phi) is 8.23. The Morgan fingerprint density at radius 1 is 1.03 bits per heavy atom. The van der Waals surface area contributed by atoms with E-state index in [1.54, 1.807) is 24.3 Å². The molecule has 0 unspecified atom stereocenters. The van der Waals surface area contributed by atoms with E-state index >= 15 is 0 Å². The van der Waals surface area contributed by atoms with Gasteiger partial charge in [0.2, 0.25) is 5.91 Å². The van der Waals surface area contributed by atoms with Crippen molar-refractivity contribution in [2.75, 3.05) is 19.4 Å². The van der Waals surface area contributed by atoms with Crippen molar-refractivity contribution in [1.29, 1.82) is 0 Å². The number of thioether (sulfide) groups is 1. The first-order valence-corrected chi connectivity index (χ1v) is 11.4. The molecule has 1 fully saturated rings. The van der Waals surface area contributed by atoms with Crippen molar-refractivity contribution in [2.45, 2.75) is 43.0 Å². The Hall–Kier alpha value is -2.67. The van der Waals surface area contributed by atoms with Crippen molar-refractivity contribution >= 4 is 29.4 Å². The number of esters is 1. The van der Waals surface area contributed by atoms with Crippen LogP contribution in [-0.2, 0) is 9.53 Å². The molecular formula is C24H26FNO4S. The highest BCUT2D eigenvalue weighted by Crippen LogP contribution is 2.26. The number of hydrogen-bond donors (Lipinski definition) is 0. The predicted octanol–water partition coefficient (Wildman–Crippen LogP) is 4.75. The standard InChI is InChI=1S/C24H26FNO4S/c1-26(19-7-3-2-4-8-19)23(28)16-31-22-10-6-5-9-20(22)24(29)30-15-21(27)17-11-13-18(25)14-12-17/h5-6,9-14,19H,2-4,7-8,15-16H2,1H3. The van der Waals surface area contributed by atoms with E-state index in [1.807, 2.05) is 11.9 Å². The van der Waals surface area contributed by atoms with Crippen molar-refractivity contribution in [2.24, 2.45) is 0 Å². The van der Waals surface area contributed by atoms with Gasteiger partial charge in [-0.05, 0) is 49.2 Å². The van der Waals surface area contributed by atoms with Gasteiger partial charge in [-0.25, -0.2) is 9.18 Å². The molecule has 164 valence electrons. The first kappa shape index (κ1) is 23.0. The van der Waals surface area contributed by atoms with Crippen LogP contribution in [0.4, 0.5) is 4.39 Å². The first-order chi connectivity index (χ1) is 15.0. The maximum atomic E-state index is 13.0. The second-order valence-corrected chi connectivity index (χ2v) is 8.60. The van der Waals surface area contributed by atoms with Crippen LogP contribution in [0.2, 0.25) is 0 Å². The van der Waals surface area contributed by atoms with Crippen molar-refractivity contribution in [1.82, 2.24) is 4.90 Å². The van der Waals surface area contributed by atoms with Crippen LogP contribution in [0.5, 0.6) is 0 Å². The third-order valence-electron chi connectivity index (χ3n) is 5.47. The zero-order valence-corrected chi connectivity index (χ0v) is 18.3. The Balaban J connectivity index is 1.56. The molecule has 0 N–H and O–H groups in total. The molecule has 0 bridgehead atoms. The van der Waals surface area contributed by atoms with E-state index in [4.69, 9.17) is 4.74 Å². The number of hydrogen-bond acceptors (Lipinski definition) is 5. The van der Waals surface area contributed by atoms with Gasteiger partial charge >= 0.3 is 5.97 Å². The lowest BCUT2D eigenvalue weighted by atomic mass is 9.94. The monoisotopic (exact) mass is 443 g/mol. The van der Waals surface area contributed by atoms with Gasteiger partial charge in [-0.15, -0.1) is 11.8 Å². The first-order valence-electron chi connectivity index (χ1n) is 10.4. The van der Waals surface area contributed by atoms with E-state index in [2.05, 4.69) is 0 Å². The van der Waals surface area contributed by atoms with Crippen LogP contribution >= 0.6 is 11.8 Å². The lowest BCUT2D eigenvalue weighted by molar-refractivity contribution is -0.129. The van der Waals surface area contributed by atoms with Gasteiger partial charge in [-0.3, -0.25) is 9.59 Å². The molecule has 1 amide bonds. The third kappa shape index (κ3) is 6.40. The molecule has 1 saturated carbocycles. The number of rotatable bonds is 8. The number of amides is 1. The largest absolute Gasteiger partial charge is 0.454 e. The Morgan fingerprint density at radius 3 is 2.42 bits per heavy atom. The normalized spacial score (nSPS) is 14.1. The summed E-state index contributed by atoms with van der Waals surface area (Å²) >= 11 is 1.29. The van der Waals surface area contributed by atoms with Crippen molar-refractivity contribution < 1.29 is 23.5 Å². The topological polar surface area (TPSA) is 63.7 Å². The average Bonchev–Trinajstić information content (AvgIpc) is 2.81. The van der Waals surface area contributed by atoms with Crippen LogP contribution in [0.3, 0.4) is 0 Å². The Bertz CT molecular complexity index is 925. The van der Waals surface area contributed by atoms with Crippen LogP contribution in [0.15, 0.2) is 53.4 Å². The molecule has 3 rings (SSSR count). The van der Waals surface area contributed by atoms with Crippen LogP contribution in [-0.4, -0.2) is 48.0 Å². The second-order valence-electron chi connectivity index (χ2n) is 7.59. The van der Waals surface area contributed by atoms with E-state index in [-0.39, 0.29) is 17.2 Å². The summed E-state index contributed by atoms with van der Waals surface area (Å²) in [5.74, 6) is -1.23. The highest BCUT2D eigenvalue weighted by atomic mass is 32.2. The number of Topliss-reactive ketones (excluding diaryl/α,β-unsaturated/α-hetero) is 1. The van der Waals surface area contributed by atoms with Crippen LogP contribution in [0.1, 0.15) is 52.8 Å². The van der Waals surface area contributed by atoms with Gasteiger partial charge in [0, 0.05) is 23.5 Å². The molecule has 5 nitrogen and oxygen atoms in total. The SMILES string of the molecule is CN(C(=O)CSc1ccccc1C(=O)OCC(=O)c1ccc(F)cc1)C1CCCCC1. The number of carbonyl (C=O) groups excluding carboxylic acids is 3. The van der Waals surface area contributed by atoms with Gasteiger partial charge in [0.05, 0.1) is 11.3 Å². The molecule has 0 aliphatic heterocycles. The van der Waals surface area contributed by atoms with E-state index in [0.717, 1.165) is 25.7 Å². The maximum absolute atomic E-state index is 13.0. The summed E-state index contributed by atoms with van der Waals surface area (Å²) in [4.78, 5) is 39.8. The predicted molar refractivity (Wildman–Crippen MR) is 118 cm³/mol. The average molecular weight is 444 g/mol. The molecule has 0 radical (unpaired) electrons. The van der Waals surface area contributed by atoms with Gasteiger partial charge < -0.3 is 9.64 Å². The summed E-state index contributed by atoms with van der Waals surface area (Å²) in [6.07, 6.45) is 5.61. The summed E-state index contributed by atoms with van der Waals surface area (Å²) in [6.45, 7) is -0.438. The minimum absolute atomic E-state index is 0.0339. The lowest BCUT2D eigenvalue weighted by Gasteiger charge is -2.31. The number of halogens is 1. The van der Waals surface area contributed by atoms with Crippen LogP contribution in [0, 0.1) is 5.82 Å². The van der Waals surface area contributed by atoms with Crippen molar-refractivity contribution in [3.8, 4) is 0 Å². The number of ketones is 1. The van der Waals surface area contributed by atoms with E-state index in [1.165, 1.54) is 42.4 Å². The van der Waals surface area contributed by atoms with Gasteiger partial charge in [-0.1, -0.05) is 31.4 Å². The summed E-state index contributed by atoms with van der Waals surface area (Å²) in [5, 5.41) is 0. The van der Waals surface area contributed by atoms with Crippen LogP contribution in [0.25, 0.3) is 0 Å². The summed E-state index contributed by atoms with van der Waals surface area (Å²) in [5.41, 5.74) is 0.584. The fourth-order valence-corrected chi connectivity index (χ4v) is 4.57. The summed E-state index contributed by atoms with van der Waals surface area (Å²) in [6, 6.07) is 12.2. The fourth-order valence-electron chi connectivity index (χ4n) is 3.60. The van der Waals surface area contributed by atoms with Crippen molar-refractivity contribution in [3.05, 3.63) is 65.5 Å².